The summed E-state index contributed by atoms with van der Waals surface area (Å²) in [6.45, 7) is 0. The van der Waals surface area contributed by atoms with E-state index in [-0.39, 0.29) is 4.90 Å². The second-order valence-corrected chi connectivity index (χ2v) is 6.22. The molecule has 0 unspecified atom stereocenters. The third kappa shape index (κ3) is 3.59. The third-order valence-corrected chi connectivity index (χ3v) is 4.47. The molecule has 21 heavy (non-hydrogen) atoms. The van der Waals surface area contributed by atoms with E-state index in [1.807, 2.05) is 0 Å². The fourth-order valence-corrected chi connectivity index (χ4v) is 3.01. The molecule has 0 aliphatic rings. The number of ether oxygens (including phenoxy) is 2. The lowest BCUT2D eigenvalue weighted by Gasteiger charge is -2.10. The minimum Gasteiger partial charge on any atom is -0.497 e. The predicted octanol–water partition coefficient (Wildman–Crippen LogP) is 3.16. The Morgan fingerprint density at radius 1 is 1.00 bits per heavy atom. The van der Waals surface area contributed by atoms with E-state index in [4.69, 9.17) is 21.1 Å². The molecule has 0 aliphatic carbocycles. The van der Waals surface area contributed by atoms with Crippen molar-refractivity contribution in [2.24, 2.45) is 0 Å². The largest absolute Gasteiger partial charge is 0.497 e. The maximum atomic E-state index is 12.2. The summed E-state index contributed by atoms with van der Waals surface area (Å²) in [5.74, 6) is 1.06. The predicted molar refractivity (Wildman–Crippen MR) is 81.8 cm³/mol. The monoisotopic (exact) mass is 327 g/mol. The van der Waals surface area contributed by atoms with Crippen molar-refractivity contribution in [1.29, 1.82) is 0 Å². The number of hydrogen-bond donors (Lipinski definition) is 1. The first-order chi connectivity index (χ1) is 9.96. The van der Waals surface area contributed by atoms with Gasteiger partial charge in [0.2, 0.25) is 0 Å². The van der Waals surface area contributed by atoms with Gasteiger partial charge in [0, 0.05) is 0 Å². The van der Waals surface area contributed by atoms with Crippen LogP contribution in [0.5, 0.6) is 11.5 Å². The van der Waals surface area contributed by atoms with E-state index in [0.29, 0.717) is 22.2 Å². The lowest BCUT2D eigenvalue weighted by atomic mass is 10.3. The zero-order chi connectivity index (χ0) is 15.5. The SMILES string of the molecule is COc1ccc(S(=O)(=O)Nc2ccc(OC)c(Cl)c2)cc1. The van der Waals surface area contributed by atoms with Crippen molar-refractivity contribution in [3.05, 3.63) is 47.5 Å². The minimum atomic E-state index is -3.68. The average Bonchev–Trinajstić information content (AvgIpc) is 2.47. The number of anilines is 1. The van der Waals surface area contributed by atoms with Gasteiger partial charge in [0.1, 0.15) is 11.5 Å². The highest BCUT2D eigenvalue weighted by molar-refractivity contribution is 7.92. The Balaban J connectivity index is 2.26. The third-order valence-electron chi connectivity index (χ3n) is 2.77. The number of rotatable bonds is 5. The molecule has 2 aromatic carbocycles. The van der Waals surface area contributed by atoms with Crippen LogP contribution in [-0.2, 0) is 10.0 Å². The number of sulfonamides is 1. The first-order valence-electron chi connectivity index (χ1n) is 5.96. The fraction of sp³-hybridized carbons (Fsp3) is 0.143. The van der Waals surface area contributed by atoms with E-state index < -0.39 is 10.0 Å². The Morgan fingerprint density at radius 3 is 2.19 bits per heavy atom. The Morgan fingerprint density at radius 2 is 1.67 bits per heavy atom. The van der Waals surface area contributed by atoms with Crippen molar-refractivity contribution in [3.63, 3.8) is 0 Å². The first kappa shape index (κ1) is 15.5. The van der Waals surface area contributed by atoms with Gasteiger partial charge >= 0.3 is 0 Å². The number of methoxy groups -OCH3 is 2. The molecule has 0 amide bonds. The van der Waals surface area contributed by atoms with Gasteiger partial charge in [-0.05, 0) is 42.5 Å². The molecule has 0 bridgehead atoms. The highest BCUT2D eigenvalue weighted by atomic mass is 35.5. The van der Waals surface area contributed by atoms with E-state index in [1.54, 1.807) is 24.3 Å². The van der Waals surface area contributed by atoms with Crippen molar-refractivity contribution in [2.75, 3.05) is 18.9 Å². The van der Waals surface area contributed by atoms with Crippen molar-refractivity contribution < 1.29 is 17.9 Å². The van der Waals surface area contributed by atoms with Gasteiger partial charge in [-0.15, -0.1) is 0 Å². The average molecular weight is 328 g/mol. The Bertz CT molecular complexity index is 729. The maximum absolute atomic E-state index is 12.2. The smallest absolute Gasteiger partial charge is 0.261 e. The molecule has 0 spiro atoms. The molecular weight excluding hydrogens is 314 g/mol. The van der Waals surface area contributed by atoms with Gasteiger partial charge in [0.15, 0.2) is 0 Å². The second-order valence-electron chi connectivity index (χ2n) is 4.13. The van der Waals surface area contributed by atoms with E-state index >= 15 is 0 Å². The van der Waals surface area contributed by atoms with E-state index in [2.05, 4.69) is 4.72 Å². The molecule has 0 saturated heterocycles. The molecule has 0 aliphatic heterocycles. The summed E-state index contributed by atoms with van der Waals surface area (Å²) >= 11 is 5.97. The summed E-state index contributed by atoms with van der Waals surface area (Å²) in [5, 5.41) is 0.326. The maximum Gasteiger partial charge on any atom is 0.261 e. The van der Waals surface area contributed by atoms with Crippen molar-refractivity contribution in [3.8, 4) is 11.5 Å². The van der Waals surface area contributed by atoms with Crippen LogP contribution in [0.3, 0.4) is 0 Å². The van der Waals surface area contributed by atoms with E-state index in [9.17, 15) is 8.42 Å². The molecule has 0 fully saturated rings. The molecule has 7 heteroatoms. The van der Waals surface area contributed by atoms with Gasteiger partial charge in [0.25, 0.3) is 10.0 Å². The summed E-state index contributed by atoms with van der Waals surface area (Å²) in [6.07, 6.45) is 0. The normalized spacial score (nSPS) is 11.0. The van der Waals surface area contributed by atoms with Crippen LogP contribution >= 0.6 is 11.6 Å². The molecule has 112 valence electrons. The van der Waals surface area contributed by atoms with E-state index in [1.165, 1.54) is 32.4 Å². The Kier molecular flexibility index (Phi) is 4.59. The Labute approximate surface area is 128 Å². The standard InChI is InChI=1S/C14H14ClNO4S/c1-19-11-4-6-12(7-5-11)21(17,18)16-10-3-8-14(20-2)13(15)9-10/h3-9,16H,1-2H3. The quantitative estimate of drug-likeness (QED) is 0.916. The molecule has 1 N–H and O–H groups in total. The molecule has 0 aromatic heterocycles. The van der Waals surface area contributed by atoms with Gasteiger partial charge < -0.3 is 9.47 Å². The van der Waals surface area contributed by atoms with Crippen molar-refractivity contribution in [2.45, 2.75) is 4.90 Å². The lowest BCUT2D eigenvalue weighted by molar-refractivity contribution is 0.414. The second kappa shape index (κ2) is 6.24. The molecule has 5 nitrogen and oxygen atoms in total. The summed E-state index contributed by atoms with van der Waals surface area (Å²) in [5.41, 5.74) is 0.358. The van der Waals surface area contributed by atoms with Gasteiger partial charge in [-0.2, -0.15) is 0 Å². The number of hydrogen-bond acceptors (Lipinski definition) is 4. The lowest BCUT2D eigenvalue weighted by Crippen LogP contribution is -2.12. The van der Waals surface area contributed by atoms with Crippen LogP contribution in [0.2, 0.25) is 5.02 Å². The number of nitrogens with one attached hydrogen (secondary N) is 1. The number of benzene rings is 2. The molecule has 0 heterocycles. The van der Waals surface area contributed by atoms with Crippen LogP contribution in [0.25, 0.3) is 0 Å². The molecule has 2 rings (SSSR count). The molecular formula is C14H14ClNO4S. The number of halogens is 1. The zero-order valence-electron chi connectivity index (χ0n) is 11.5. The summed E-state index contributed by atoms with van der Waals surface area (Å²) in [4.78, 5) is 0.134. The minimum absolute atomic E-state index is 0.134. The zero-order valence-corrected chi connectivity index (χ0v) is 13.0. The van der Waals surface area contributed by atoms with Crippen LogP contribution in [0.4, 0.5) is 5.69 Å². The molecule has 0 atom stereocenters. The Hall–Kier alpha value is -1.92. The highest BCUT2D eigenvalue weighted by Gasteiger charge is 2.15. The summed E-state index contributed by atoms with van der Waals surface area (Å²) in [6, 6.07) is 10.7. The molecule has 0 saturated carbocycles. The molecule has 0 radical (unpaired) electrons. The van der Waals surface area contributed by atoms with Crippen molar-refractivity contribution >= 4 is 27.3 Å². The summed E-state index contributed by atoms with van der Waals surface area (Å²) < 4.78 is 36.9. The molecule has 2 aromatic rings. The van der Waals surface area contributed by atoms with Gasteiger partial charge in [-0.1, -0.05) is 11.6 Å². The summed E-state index contributed by atoms with van der Waals surface area (Å²) in [7, 11) is -0.676. The van der Waals surface area contributed by atoms with Gasteiger partial charge in [-0.25, -0.2) is 8.42 Å². The van der Waals surface area contributed by atoms with Crippen LogP contribution in [0.15, 0.2) is 47.4 Å². The van der Waals surface area contributed by atoms with Crippen LogP contribution < -0.4 is 14.2 Å². The van der Waals surface area contributed by atoms with Crippen LogP contribution in [0, 0.1) is 0 Å². The van der Waals surface area contributed by atoms with Crippen molar-refractivity contribution in [1.82, 2.24) is 0 Å². The first-order valence-corrected chi connectivity index (χ1v) is 7.83. The van der Waals surface area contributed by atoms with Crippen LogP contribution in [-0.4, -0.2) is 22.6 Å². The van der Waals surface area contributed by atoms with Crippen LogP contribution in [0.1, 0.15) is 0 Å². The highest BCUT2D eigenvalue weighted by Crippen LogP contribution is 2.28. The fourth-order valence-electron chi connectivity index (χ4n) is 1.70. The van der Waals surface area contributed by atoms with E-state index in [0.717, 1.165) is 0 Å². The van der Waals surface area contributed by atoms with Gasteiger partial charge in [0.05, 0.1) is 29.8 Å². The van der Waals surface area contributed by atoms with Gasteiger partial charge in [-0.3, -0.25) is 4.72 Å². The topological polar surface area (TPSA) is 64.6 Å².